The number of nitrogens with two attached hydrogens (primary N) is 1. The second kappa shape index (κ2) is 8.52. The Labute approximate surface area is 134 Å². The van der Waals surface area contributed by atoms with Crippen molar-refractivity contribution in [2.45, 2.75) is 19.3 Å². The molecule has 23 heavy (non-hydrogen) atoms. The monoisotopic (exact) mass is 316 g/mol. The van der Waals surface area contributed by atoms with Crippen molar-refractivity contribution >= 4 is 17.8 Å². The average Bonchev–Trinajstić information content (AvgIpc) is 2.54. The van der Waals surface area contributed by atoms with E-state index < -0.39 is 0 Å². The van der Waals surface area contributed by atoms with Gasteiger partial charge in [0.05, 0.1) is 0 Å². The van der Waals surface area contributed by atoms with E-state index in [1.54, 1.807) is 12.1 Å². The quantitative estimate of drug-likeness (QED) is 0.506. The van der Waals surface area contributed by atoms with E-state index >= 15 is 0 Å². The molecule has 0 aliphatic carbocycles. The van der Waals surface area contributed by atoms with Gasteiger partial charge in [-0.05, 0) is 30.5 Å². The first-order chi connectivity index (χ1) is 11.1. The van der Waals surface area contributed by atoms with Gasteiger partial charge in [-0.2, -0.15) is 4.98 Å². The second-order valence-electron chi connectivity index (χ2n) is 4.97. The molecule has 0 radical (unpaired) electrons. The molecule has 5 N–H and O–H groups in total. The summed E-state index contributed by atoms with van der Waals surface area (Å²) in [5, 5.41) is 15.4. The van der Waals surface area contributed by atoms with Crippen LogP contribution in [0.2, 0.25) is 0 Å². The average molecular weight is 316 g/mol. The number of phenolic OH excluding ortho intramolecular Hbond substituents is 1. The number of primary amides is 1. The normalized spacial score (nSPS) is 10.3. The lowest BCUT2D eigenvalue weighted by molar-refractivity contribution is -0.118. The van der Waals surface area contributed by atoms with Gasteiger partial charge in [-0.25, -0.2) is 9.97 Å². The number of benzene rings is 1. The lowest BCUT2D eigenvalue weighted by Crippen LogP contribution is -2.14. The van der Waals surface area contributed by atoms with E-state index in [1.165, 1.54) is 6.33 Å². The number of anilines is 2. The van der Waals surface area contributed by atoms with E-state index in [2.05, 4.69) is 25.6 Å². The molecule has 8 nitrogen and oxygen atoms in total. The molecule has 0 aliphatic rings. The molecule has 1 aromatic heterocycles. The summed E-state index contributed by atoms with van der Waals surface area (Å²) in [6.07, 6.45) is 3.17. The van der Waals surface area contributed by atoms with E-state index in [1.807, 2.05) is 12.1 Å². The zero-order chi connectivity index (χ0) is 16.5. The number of hydrogen-bond donors (Lipinski definition) is 4. The fourth-order valence-corrected chi connectivity index (χ4v) is 1.91. The minimum absolute atomic E-state index is 0.256. The third-order valence-electron chi connectivity index (χ3n) is 3.09. The van der Waals surface area contributed by atoms with Crippen LogP contribution in [0.25, 0.3) is 0 Å². The van der Waals surface area contributed by atoms with Crippen molar-refractivity contribution < 1.29 is 9.90 Å². The predicted octanol–water partition coefficient (Wildman–Crippen LogP) is 0.909. The molecular formula is C15H20N6O2. The van der Waals surface area contributed by atoms with Crippen LogP contribution in [-0.4, -0.2) is 39.1 Å². The Bertz CT molecular complexity index is 632. The van der Waals surface area contributed by atoms with Crippen molar-refractivity contribution in [3.63, 3.8) is 0 Å². The Kier molecular flexibility index (Phi) is 6.10. The molecule has 0 unspecified atom stereocenters. The van der Waals surface area contributed by atoms with Gasteiger partial charge in [0.25, 0.3) is 0 Å². The first-order valence-corrected chi connectivity index (χ1v) is 7.36. The van der Waals surface area contributed by atoms with Gasteiger partial charge in [0, 0.05) is 19.5 Å². The van der Waals surface area contributed by atoms with Crippen LogP contribution in [0.3, 0.4) is 0 Å². The molecule has 0 saturated carbocycles. The minimum atomic E-state index is -0.320. The van der Waals surface area contributed by atoms with Gasteiger partial charge in [-0.1, -0.05) is 12.1 Å². The highest BCUT2D eigenvalue weighted by atomic mass is 16.3. The number of rotatable bonds is 9. The first-order valence-electron chi connectivity index (χ1n) is 7.36. The van der Waals surface area contributed by atoms with E-state index in [0.29, 0.717) is 37.8 Å². The maximum absolute atomic E-state index is 10.6. The van der Waals surface area contributed by atoms with E-state index in [4.69, 9.17) is 5.73 Å². The molecule has 8 heteroatoms. The Morgan fingerprint density at radius 3 is 2.39 bits per heavy atom. The van der Waals surface area contributed by atoms with Gasteiger partial charge in [0.1, 0.15) is 12.1 Å². The van der Waals surface area contributed by atoms with Crippen LogP contribution in [0.4, 0.5) is 11.9 Å². The standard InChI is InChI=1S/C15H20N6O2/c16-13(23)2-1-8-17-14-19-10-20-15(21-14)18-9-7-11-3-5-12(22)6-4-11/h3-6,10,22H,1-2,7-9H2,(H2,16,23)(H2,17,18,19,20,21). The molecule has 1 amide bonds. The fourth-order valence-electron chi connectivity index (χ4n) is 1.91. The maximum atomic E-state index is 10.6. The number of amides is 1. The van der Waals surface area contributed by atoms with Gasteiger partial charge in [0.2, 0.25) is 17.8 Å². The highest BCUT2D eigenvalue weighted by Gasteiger charge is 2.01. The largest absolute Gasteiger partial charge is 0.508 e. The van der Waals surface area contributed by atoms with Gasteiger partial charge < -0.3 is 21.5 Å². The number of nitrogens with one attached hydrogen (secondary N) is 2. The summed E-state index contributed by atoms with van der Waals surface area (Å²) in [7, 11) is 0. The minimum Gasteiger partial charge on any atom is -0.508 e. The highest BCUT2D eigenvalue weighted by molar-refractivity contribution is 5.73. The fraction of sp³-hybridized carbons (Fsp3) is 0.333. The van der Waals surface area contributed by atoms with E-state index in [9.17, 15) is 9.90 Å². The molecule has 0 aliphatic heterocycles. The molecule has 2 rings (SSSR count). The van der Waals surface area contributed by atoms with Crippen LogP contribution in [0.5, 0.6) is 5.75 Å². The third kappa shape index (κ3) is 6.16. The van der Waals surface area contributed by atoms with Crippen molar-refractivity contribution in [1.29, 1.82) is 0 Å². The van der Waals surface area contributed by atoms with E-state index in [0.717, 1.165) is 12.0 Å². The van der Waals surface area contributed by atoms with Crippen molar-refractivity contribution in [3.05, 3.63) is 36.2 Å². The van der Waals surface area contributed by atoms with Crippen molar-refractivity contribution in [2.24, 2.45) is 5.73 Å². The van der Waals surface area contributed by atoms with Crippen LogP contribution >= 0.6 is 0 Å². The predicted molar refractivity (Wildman–Crippen MR) is 87.0 cm³/mol. The molecule has 0 fully saturated rings. The third-order valence-corrected chi connectivity index (χ3v) is 3.09. The summed E-state index contributed by atoms with van der Waals surface area (Å²) in [5.41, 5.74) is 6.18. The molecule has 1 heterocycles. The number of aromatic hydroxyl groups is 1. The summed E-state index contributed by atoms with van der Waals surface area (Å²) < 4.78 is 0. The van der Waals surface area contributed by atoms with Crippen LogP contribution < -0.4 is 16.4 Å². The summed E-state index contributed by atoms with van der Waals surface area (Å²) >= 11 is 0. The first kappa shape index (κ1) is 16.5. The molecule has 0 bridgehead atoms. The Hall–Kier alpha value is -2.90. The van der Waals surface area contributed by atoms with Gasteiger partial charge >= 0.3 is 0 Å². The number of carbonyl (C=O) groups is 1. The summed E-state index contributed by atoms with van der Waals surface area (Å²) in [4.78, 5) is 23.0. The SMILES string of the molecule is NC(=O)CCCNc1ncnc(NCCc2ccc(O)cc2)n1. The van der Waals surface area contributed by atoms with Crippen molar-refractivity contribution in [1.82, 2.24) is 15.0 Å². The second-order valence-corrected chi connectivity index (χ2v) is 4.97. The molecule has 2 aromatic rings. The van der Waals surface area contributed by atoms with Crippen LogP contribution in [0.15, 0.2) is 30.6 Å². The molecule has 0 atom stereocenters. The van der Waals surface area contributed by atoms with Gasteiger partial charge in [-0.3, -0.25) is 4.79 Å². The van der Waals surface area contributed by atoms with Crippen molar-refractivity contribution in [3.8, 4) is 5.75 Å². The zero-order valence-corrected chi connectivity index (χ0v) is 12.7. The number of phenols is 1. The molecule has 1 aromatic carbocycles. The number of hydrogen-bond acceptors (Lipinski definition) is 7. The lowest BCUT2D eigenvalue weighted by Gasteiger charge is -2.07. The topological polar surface area (TPSA) is 126 Å². The summed E-state index contributed by atoms with van der Waals surface area (Å²) in [6, 6.07) is 7.06. The zero-order valence-electron chi connectivity index (χ0n) is 12.7. The lowest BCUT2D eigenvalue weighted by atomic mass is 10.1. The Balaban J connectivity index is 1.75. The van der Waals surface area contributed by atoms with Crippen LogP contribution in [0.1, 0.15) is 18.4 Å². The smallest absolute Gasteiger partial charge is 0.227 e. The summed E-state index contributed by atoms with van der Waals surface area (Å²) in [5.74, 6) is 0.873. The molecular weight excluding hydrogens is 296 g/mol. The number of carbonyl (C=O) groups excluding carboxylic acids is 1. The highest BCUT2D eigenvalue weighted by Crippen LogP contribution is 2.10. The molecule has 122 valence electrons. The van der Waals surface area contributed by atoms with Gasteiger partial charge in [0.15, 0.2) is 0 Å². The maximum Gasteiger partial charge on any atom is 0.227 e. The Morgan fingerprint density at radius 1 is 1.09 bits per heavy atom. The number of aromatic nitrogens is 3. The van der Waals surface area contributed by atoms with E-state index in [-0.39, 0.29) is 11.7 Å². The van der Waals surface area contributed by atoms with Gasteiger partial charge in [-0.15, -0.1) is 0 Å². The summed E-state index contributed by atoms with van der Waals surface area (Å²) in [6.45, 7) is 1.23. The molecule has 0 saturated heterocycles. The Morgan fingerprint density at radius 2 is 1.74 bits per heavy atom. The molecule has 0 spiro atoms. The number of nitrogens with zero attached hydrogens (tertiary/aromatic N) is 3. The van der Waals surface area contributed by atoms with Crippen molar-refractivity contribution in [2.75, 3.05) is 23.7 Å². The van der Waals surface area contributed by atoms with Crippen LogP contribution in [0, 0.1) is 0 Å². The van der Waals surface area contributed by atoms with Crippen LogP contribution in [-0.2, 0) is 11.2 Å².